The molecule has 1 aromatic heterocycles. The van der Waals surface area contributed by atoms with Gasteiger partial charge in [-0.25, -0.2) is 0 Å². The van der Waals surface area contributed by atoms with Crippen molar-refractivity contribution in [3.05, 3.63) is 56.2 Å². The smallest absolute Gasteiger partial charge is 0.0332 e. The number of halogens is 1. The Bertz CT molecular complexity index is 493. The lowest BCUT2D eigenvalue weighted by Gasteiger charge is -2.19. The van der Waals surface area contributed by atoms with Gasteiger partial charge in [-0.15, -0.1) is 0 Å². The molecule has 2 aromatic rings. The van der Waals surface area contributed by atoms with Crippen molar-refractivity contribution < 1.29 is 0 Å². The lowest BCUT2D eigenvalue weighted by atomic mass is 9.99. The summed E-state index contributed by atoms with van der Waals surface area (Å²) >= 11 is 5.47. The summed E-state index contributed by atoms with van der Waals surface area (Å²) in [4.78, 5) is 0. The monoisotopic (exact) mass is 323 g/mol. The summed E-state index contributed by atoms with van der Waals surface area (Å²) in [7, 11) is 2.03. The van der Waals surface area contributed by atoms with E-state index in [1.165, 1.54) is 21.2 Å². The van der Waals surface area contributed by atoms with Crippen molar-refractivity contribution in [2.24, 2.45) is 0 Å². The third-order valence-corrected chi connectivity index (χ3v) is 5.06. The topological polar surface area (TPSA) is 12.0 Å². The van der Waals surface area contributed by atoms with Gasteiger partial charge in [0.2, 0.25) is 0 Å². The molecule has 18 heavy (non-hydrogen) atoms. The first-order valence-corrected chi connectivity index (χ1v) is 7.89. The predicted molar refractivity (Wildman–Crippen MR) is 83.3 cm³/mol. The Morgan fingerprint density at radius 3 is 2.83 bits per heavy atom. The Morgan fingerprint density at radius 1 is 1.33 bits per heavy atom. The van der Waals surface area contributed by atoms with Crippen LogP contribution in [0.25, 0.3) is 0 Å². The SMILES string of the molecule is CNC(CCc1ccsc1)c1cccc(C)c1Br. The van der Waals surface area contributed by atoms with Crippen LogP contribution in [0.5, 0.6) is 0 Å². The fourth-order valence-electron chi connectivity index (χ4n) is 2.14. The lowest BCUT2D eigenvalue weighted by Crippen LogP contribution is -2.17. The second kappa shape index (κ2) is 6.50. The van der Waals surface area contributed by atoms with Crippen LogP contribution in [0.15, 0.2) is 39.5 Å². The zero-order valence-corrected chi connectivity index (χ0v) is 13.1. The van der Waals surface area contributed by atoms with Crippen LogP contribution in [-0.2, 0) is 6.42 Å². The number of hydrogen-bond donors (Lipinski definition) is 1. The molecule has 0 bridgehead atoms. The number of nitrogens with one attached hydrogen (secondary N) is 1. The van der Waals surface area contributed by atoms with Crippen molar-refractivity contribution >= 4 is 27.3 Å². The summed E-state index contributed by atoms with van der Waals surface area (Å²) in [6.45, 7) is 2.14. The zero-order chi connectivity index (χ0) is 13.0. The molecule has 0 saturated heterocycles. The van der Waals surface area contributed by atoms with E-state index < -0.39 is 0 Å². The highest BCUT2D eigenvalue weighted by Crippen LogP contribution is 2.29. The van der Waals surface area contributed by atoms with E-state index in [9.17, 15) is 0 Å². The van der Waals surface area contributed by atoms with Crippen molar-refractivity contribution in [3.8, 4) is 0 Å². The van der Waals surface area contributed by atoms with Crippen LogP contribution in [0.1, 0.15) is 29.2 Å². The summed E-state index contributed by atoms with van der Waals surface area (Å²) in [6.07, 6.45) is 2.24. The van der Waals surface area contributed by atoms with Crippen LogP contribution in [0, 0.1) is 6.92 Å². The average Bonchev–Trinajstić information content (AvgIpc) is 2.88. The van der Waals surface area contributed by atoms with Gasteiger partial charge in [0, 0.05) is 10.5 Å². The van der Waals surface area contributed by atoms with Gasteiger partial charge in [-0.3, -0.25) is 0 Å². The van der Waals surface area contributed by atoms with Crippen LogP contribution in [0.2, 0.25) is 0 Å². The molecular weight excluding hydrogens is 306 g/mol. The fraction of sp³-hybridized carbons (Fsp3) is 0.333. The molecule has 1 unspecified atom stereocenters. The second-order valence-electron chi connectivity index (χ2n) is 4.49. The van der Waals surface area contributed by atoms with E-state index in [2.05, 4.69) is 63.2 Å². The third kappa shape index (κ3) is 3.22. The van der Waals surface area contributed by atoms with Crippen molar-refractivity contribution in [2.75, 3.05) is 7.05 Å². The van der Waals surface area contributed by atoms with E-state index in [-0.39, 0.29) is 0 Å². The van der Waals surface area contributed by atoms with Crippen LogP contribution in [0.3, 0.4) is 0 Å². The Balaban J connectivity index is 2.10. The zero-order valence-electron chi connectivity index (χ0n) is 10.7. The maximum atomic E-state index is 3.70. The van der Waals surface area contributed by atoms with E-state index in [0.717, 1.165) is 12.8 Å². The quantitative estimate of drug-likeness (QED) is 0.840. The summed E-state index contributed by atoms with van der Waals surface area (Å²) in [6, 6.07) is 9.08. The Kier molecular flexibility index (Phi) is 4.98. The van der Waals surface area contributed by atoms with Gasteiger partial charge in [-0.05, 0) is 60.3 Å². The normalized spacial score (nSPS) is 12.6. The van der Waals surface area contributed by atoms with Crippen molar-refractivity contribution in [3.63, 3.8) is 0 Å². The van der Waals surface area contributed by atoms with Gasteiger partial charge < -0.3 is 5.32 Å². The highest BCUT2D eigenvalue weighted by molar-refractivity contribution is 9.10. The largest absolute Gasteiger partial charge is 0.313 e. The van der Waals surface area contributed by atoms with Gasteiger partial charge in [0.05, 0.1) is 0 Å². The maximum absolute atomic E-state index is 3.70. The van der Waals surface area contributed by atoms with E-state index in [1.54, 1.807) is 11.3 Å². The first-order valence-electron chi connectivity index (χ1n) is 6.15. The first-order chi connectivity index (χ1) is 8.72. The van der Waals surface area contributed by atoms with E-state index in [0.29, 0.717) is 6.04 Å². The highest BCUT2D eigenvalue weighted by Gasteiger charge is 2.13. The summed E-state index contributed by atoms with van der Waals surface area (Å²) in [5, 5.41) is 7.80. The molecule has 0 spiro atoms. The average molecular weight is 324 g/mol. The minimum atomic E-state index is 0.402. The molecule has 96 valence electrons. The molecule has 2 rings (SSSR count). The molecule has 0 fully saturated rings. The first kappa shape index (κ1) is 13.8. The molecular formula is C15H18BrNS. The number of benzene rings is 1. The van der Waals surface area contributed by atoms with Gasteiger partial charge in [0.15, 0.2) is 0 Å². The molecule has 0 aliphatic carbocycles. The maximum Gasteiger partial charge on any atom is 0.0332 e. The van der Waals surface area contributed by atoms with Crippen molar-refractivity contribution in [2.45, 2.75) is 25.8 Å². The lowest BCUT2D eigenvalue weighted by molar-refractivity contribution is 0.547. The van der Waals surface area contributed by atoms with Gasteiger partial charge in [-0.1, -0.05) is 34.1 Å². The Labute approximate surface area is 121 Å². The Hall–Kier alpha value is -0.640. The molecule has 0 radical (unpaired) electrons. The van der Waals surface area contributed by atoms with E-state index >= 15 is 0 Å². The highest BCUT2D eigenvalue weighted by atomic mass is 79.9. The molecule has 1 atom stereocenters. The molecule has 1 N–H and O–H groups in total. The number of aryl methyl sites for hydroxylation is 2. The van der Waals surface area contributed by atoms with Gasteiger partial charge in [0.1, 0.15) is 0 Å². The minimum Gasteiger partial charge on any atom is -0.313 e. The molecule has 0 aliphatic heterocycles. The van der Waals surface area contributed by atoms with Gasteiger partial charge in [-0.2, -0.15) is 11.3 Å². The van der Waals surface area contributed by atoms with Crippen LogP contribution < -0.4 is 5.32 Å². The molecule has 0 aliphatic rings. The third-order valence-electron chi connectivity index (χ3n) is 3.25. The number of rotatable bonds is 5. The molecule has 1 heterocycles. The summed E-state index contributed by atoms with van der Waals surface area (Å²) in [5.41, 5.74) is 4.08. The van der Waals surface area contributed by atoms with Crippen LogP contribution in [-0.4, -0.2) is 7.05 Å². The molecule has 0 amide bonds. The molecule has 1 aromatic carbocycles. The van der Waals surface area contributed by atoms with Gasteiger partial charge >= 0.3 is 0 Å². The Morgan fingerprint density at radius 2 is 2.17 bits per heavy atom. The predicted octanol–water partition coefficient (Wildman–Crippen LogP) is 4.71. The minimum absolute atomic E-state index is 0.402. The van der Waals surface area contributed by atoms with E-state index in [1.807, 2.05) is 7.05 Å². The second-order valence-corrected chi connectivity index (χ2v) is 6.06. The summed E-state index contributed by atoms with van der Waals surface area (Å²) < 4.78 is 1.23. The summed E-state index contributed by atoms with van der Waals surface area (Å²) in [5.74, 6) is 0. The number of hydrogen-bond acceptors (Lipinski definition) is 2. The number of thiophene rings is 1. The van der Waals surface area contributed by atoms with Gasteiger partial charge in [0.25, 0.3) is 0 Å². The standard InChI is InChI=1S/C15H18BrNS/c1-11-4-3-5-13(15(11)16)14(17-2)7-6-12-8-9-18-10-12/h3-5,8-10,14,17H,6-7H2,1-2H3. The fourth-order valence-corrected chi connectivity index (χ4v) is 3.38. The van der Waals surface area contributed by atoms with Crippen LogP contribution in [0.4, 0.5) is 0 Å². The van der Waals surface area contributed by atoms with Crippen molar-refractivity contribution in [1.29, 1.82) is 0 Å². The van der Waals surface area contributed by atoms with E-state index in [4.69, 9.17) is 0 Å². The molecule has 0 saturated carbocycles. The van der Waals surface area contributed by atoms with Crippen LogP contribution >= 0.6 is 27.3 Å². The molecule has 3 heteroatoms. The van der Waals surface area contributed by atoms with Crippen molar-refractivity contribution in [1.82, 2.24) is 5.32 Å². The molecule has 1 nitrogen and oxygen atoms in total.